The number of hydrogen-bond acceptors (Lipinski definition) is 3. The quantitative estimate of drug-likeness (QED) is 0.137. The minimum absolute atomic E-state index is 0.244. The van der Waals surface area contributed by atoms with Gasteiger partial charge in [-0.1, -0.05) is 83.1 Å². The number of ether oxygens (including phenoxy) is 1. The molecule has 0 amide bonds. The molecule has 0 unspecified atom stereocenters. The van der Waals surface area contributed by atoms with Gasteiger partial charge in [-0.05, 0) is 30.7 Å². The van der Waals surface area contributed by atoms with Gasteiger partial charge < -0.3 is 4.74 Å². The third kappa shape index (κ3) is 13.0. The molecular weight excluding hydrogens is 328 g/mol. The lowest BCUT2D eigenvalue weighted by Crippen LogP contribution is -2.06. The fourth-order valence-corrected chi connectivity index (χ4v) is 3.26. The first-order chi connectivity index (χ1) is 12.3. The van der Waals surface area contributed by atoms with Crippen molar-refractivity contribution in [2.45, 2.75) is 89.9 Å². The summed E-state index contributed by atoms with van der Waals surface area (Å²) in [5.74, 6) is 0.797. The van der Waals surface area contributed by atoms with Crippen molar-refractivity contribution in [1.82, 2.24) is 0 Å². The van der Waals surface area contributed by atoms with Gasteiger partial charge in [0.15, 0.2) is 0 Å². The Kier molecular flexibility index (Phi) is 14.6. The highest BCUT2D eigenvalue weighted by Crippen LogP contribution is 2.13. The topological polar surface area (TPSA) is 26.3 Å². The molecule has 0 saturated heterocycles. The largest absolute Gasteiger partial charge is 0.462 e. The molecule has 0 aromatic heterocycles. The predicted octanol–water partition coefficient (Wildman–Crippen LogP) is 6.57. The molecule has 0 radical (unpaired) electrons. The van der Waals surface area contributed by atoms with Crippen molar-refractivity contribution < 1.29 is 9.53 Å². The summed E-state index contributed by atoms with van der Waals surface area (Å²) in [6.45, 7) is 0.534. The Morgan fingerprint density at radius 2 is 1.28 bits per heavy atom. The van der Waals surface area contributed by atoms with Gasteiger partial charge in [0.1, 0.15) is 5.57 Å². The molecule has 25 heavy (non-hydrogen) atoms. The highest BCUT2D eigenvalue weighted by Gasteiger charge is 2.08. The van der Waals surface area contributed by atoms with Crippen molar-refractivity contribution in [2.24, 2.45) is 0 Å². The molecule has 0 aromatic carbocycles. The van der Waals surface area contributed by atoms with Crippen LogP contribution in [0.3, 0.4) is 0 Å². The average Bonchev–Trinajstić information content (AvgIpc) is 3.16. The normalized spacial score (nSPS) is 12.6. The van der Waals surface area contributed by atoms with E-state index in [0.717, 1.165) is 18.6 Å². The fourth-order valence-electron chi connectivity index (χ4n) is 3.04. The van der Waals surface area contributed by atoms with Crippen molar-refractivity contribution in [3.8, 4) is 0 Å². The van der Waals surface area contributed by atoms with Crippen LogP contribution in [0.5, 0.6) is 0 Å². The summed E-state index contributed by atoms with van der Waals surface area (Å²) >= 11 is 4.24. The van der Waals surface area contributed by atoms with Gasteiger partial charge in [0, 0.05) is 0 Å². The van der Waals surface area contributed by atoms with Crippen molar-refractivity contribution in [1.29, 1.82) is 0 Å². The Morgan fingerprint density at radius 3 is 1.72 bits per heavy atom. The lowest BCUT2D eigenvalue weighted by atomic mass is 10.0. The molecule has 0 aromatic rings. The van der Waals surface area contributed by atoms with Gasteiger partial charge in [-0.25, -0.2) is 4.79 Å². The molecule has 142 valence electrons. The Hall–Kier alpha value is -0.920. The summed E-state index contributed by atoms with van der Waals surface area (Å²) in [6, 6.07) is 0. The van der Waals surface area contributed by atoms with Crippen LogP contribution < -0.4 is 0 Å². The van der Waals surface area contributed by atoms with Crippen LogP contribution in [0.15, 0.2) is 29.5 Å². The molecule has 0 N–H and O–H groups in total. The molecule has 0 aliphatic heterocycles. The van der Waals surface area contributed by atoms with Gasteiger partial charge >= 0.3 is 5.97 Å². The number of hydrogen-bond donors (Lipinski definition) is 1. The zero-order valence-corrected chi connectivity index (χ0v) is 16.7. The van der Waals surface area contributed by atoms with E-state index in [2.05, 4.69) is 18.4 Å². The molecule has 0 bridgehead atoms. The SMILES string of the molecule is O=C(OCCCCCCCCCCCCCCCCS)C1=C=CC=C1. The standard InChI is InChI=1S/C22H36O2S/c23-22(21-17-13-14-18-21)24-19-15-11-9-7-5-3-1-2-4-6-8-10-12-16-20-25/h13-14,17,25H,1-12,15-16,19-20H2. The maximum absolute atomic E-state index is 11.6. The monoisotopic (exact) mass is 364 g/mol. The summed E-state index contributed by atoms with van der Waals surface area (Å²) in [7, 11) is 0. The Bertz CT molecular complexity index is 433. The number of thiol groups is 1. The van der Waals surface area contributed by atoms with E-state index in [1.165, 1.54) is 77.0 Å². The van der Waals surface area contributed by atoms with E-state index in [9.17, 15) is 4.79 Å². The predicted molar refractivity (Wildman–Crippen MR) is 110 cm³/mol. The molecule has 2 nitrogen and oxygen atoms in total. The number of allylic oxidation sites excluding steroid dienone is 1. The third-order valence-corrected chi connectivity index (χ3v) is 4.92. The van der Waals surface area contributed by atoms with Crippen LogP contribution in [0.4, 0.5) is 0 Å². The van der Waals surface area contributed by atoms with E-state index in [1.54, 1.807) is 12.2 Å². The molecule has 1 aliphatic carbocycles. The van der Waals surface area contributed by atoms with E-state index in [-0.39, 0.29) is 5.97 Å². The summed E-state index contributed by atoms with van der Waals surface area (Å²) in [5, 5.41) is 0. The maximum Gasteiger partial charge on any atom is 0.346 e. The molecule has 0 atom stereocenters. The minimum atomic E-state index is -0.244. The van der Waals surface area contributed by atoms with Crippen LogP contribution >= 0.6 is 12.6 Å². The van der Waals surface area contributed by atoms with Crippen molar-refractivity contribution in [2.75, 3.05) is 12.4 Å². The Morgan fingerprint density at radius 1 is 0.800 bits per heavy atom. The molecule has 0 spiro atoms. The second-order valence-electron chi connectivity index (χ2n) is 6.89. The second kappa shape index (κ2) is 16.5. The smallest absolute Gasteiger partial charge is 0.346 e. The summed E-state index contributed by atoms with van der Waals surface area (Å²) in [4.78, 5) is 11.6. The van der Waals surface area contributed by atoms with Crippen molar-refractivity contribution >= 4 is 18.6 Å². The summed E-state index contributed by atoms with van der Waals surface area (Å²) in [6.07, 6.45) is 23.8. The summed E-state index contributed by atoms with van der Waals surface area (Å²) < 4.78 is 5.23. The number of unbranched alkanes of at least 4 members (excludes halogenated alkanes) is 13. The van der Waals surface area contributed by atoms with Gasteiger partial charge in [-0.15, -0.1) is 5.73 Å². The second-order valence-corrected chi connectivity index (χ2v) is 7.34. The lowest BCUT2D eigenvalue weighted by molar-refractivity contribution is -0.138. The first-order valence-corrected chi connectivity index (χ1v) is 10.9. The lowest BCUT2D eigenvalue weighted by Gasteiger charge is -2.04. The van der Waals surface area contributed by atoms with E-state index in [0.29, 0.717) is 12.2 Å². The average molecular weight is 365 g/mol. The summed E-state index contributed by atoms with van der Waals surface area (Å²) in [5.41, 5.74) is 3.40. The van der Waals surface area contributed by atoms with Crippen LogP contribution in [0, 0.1) is 0 Å². The van der Waals surface area contributed by atoms with Gasteiger partial charge in [0.25, 0.3) is 0 Å². The Balaban J connectivity index is 1.73. The molecule has 0 saturated carbocycles. The van der Waals surface area contributed by atoms with E-state index in [4.69, 9.17) is 4.74 Å². The van der Waals surface area contributed by atoms with Gasteiger partial charge in [0.05, 0.1) is 6.61 Å². The van der Waals surface area contributed by atoms with E-state index < -0.39 is 0 Å². The molecule has 1 aliphatic rings. The van der Waals surface area contributed by atoms with E-state index >= 15 is 0 Å². The number of rotatable bonds is 17. The fraction of sp³-hybridized carbons (Fsp3) is 0.727. The molecule has 1 rings (SSSR count). The van der Waals surface area contributed by atoms with Crippen LogP contribution in [-0.4, -0.2) is 18.3 Å². The first-order valence-electron chi connectivity index (χ1n) is 10.3. The van der Waals surface area contributed by atoms with Crippen LogP contribution in [0.1, 0.15) is 89.9 Å². The highest BCUT2D eigenvalue weighted by molar-refractivity contribution is 7.80. The molecule has 3 heteroatoms. The van der Waals surface area contributed by atoms with Gasteiger partial charge in [0.2, 0.25) is 0 Å². The van der Waals surface area contributed by atoms with Crippen molar-refractivity contribution in [3.63, 3.8) is 0 Å². The number of esters is 1. The molecule has 0 heterocycles. The highest BCUT2D eigenvalue weighted by atomic mass is 32.1. The molecule has 0 fully saturated rings. The zero-order valence-electron chi connectivity index (χ0n) is 15.8. The Labute approximate surface area is 160 Å². The maximum atomic E-state index is 11.6. The van der Waals surface area contributed by atoms with Gasteiger partial charge in [-0.2, -0.15) is 12.6 Å². The third-order valence-electron chi connectivity index (χ3n) is 4.60. The van der Waals surface area contributed by atoms with Crippen molar-refractivity contribution in [3.05, 3.63) is 29.5 Å². The zero-order chi connectivity index (χ0) is 18.0. The number of carbonyl (C=O) groups excluding carboxylic acids is 1. The minimum Gasteiger partial charge on any atom is -0.462 e. The van der Waals surface area contributed by atoms with Gasteiger partial charge in [-0.3, -0.25) is 0 Å². The van der Waals surface area contributed by atoms with Crippen LogP contribution in [-0.2, 0) is 9.53 Å². The number of carbonyl (C=O) groups is 1. The first kappa shape index (κ1) is 22.1. The van der Waals surface area contributed by atoms with Crippen LogP contribution in [0.25, 0.3) is 0 Å². The van der Waals surface area contributed by atoms with Crippen LogP contribution in [0.2, 0.25) is 0 Å². The van der Waals surface area contributed by atoms with E-state index in [1.807, 2.05) is 6.08 Å². The molecular formula is C22H36O2S.